The number of amides is 3. The molecule has 168 valence electrons. The molecule has 15 heteroatoms. The van der Waals surface area contributed by atoms with Gasteiger partial charge in [0.25, 0.3) is 33.5 Å². The van der Waals surface area contributed by atoms with E-state index in [1.54, 1.807) is 0 Å². The lowest BCUT2D eigenvalue weighted by atomic mass is 10.1. The van der Waals surface area contributed by atoms with Gasteiger partial charge in [0.15, 0.2) is 5.25 Å². The van der Waals surface area contributed by atoms with Crippen LogP contribution in [0.5, 0.6) is 0 Å². The van der Waals surface area contributed by atoms with Gasteiger partial charge in [-0.2, -0.15) is 8.42 Å². The molecule has 1 unspecified atom stereocenters. The molecule has 2 N–H and O–H groups in total. The normalized spacial score (nSPS) is 16.3. The molecular formula is C16H16BrN3O10S. The lowest BCUT2D eigenvalue weighted by Crippen LogP contribution is -2.36. The molecule has 2 rings (SSSR count). The summed E-state index contributed by atoms with van der Waals surface area (Å²) in [5, 5.41) is 11.7. The van der Waals surface area contributed by atoms with Crippen LogP contribution in [-0.4, -0.2) is 58.4 Å². The lowest BCUT2D eigenvalue weighted by Gasteiger charge is -2.13. The summed E-state index contributed by atoms with van der Waals surface area (Å²) < 4.78 is 31.0. The van der Waals surface area contributed by atoms with Gasteiger partial charge in [0, 0.05) is 35.5 Å². The molecule has 1 fully saturated rings. The summed E-state index contributed by atoms with van der Waals surface area (Å²) in [4.78, 5) is 62.3. The maximum atomic E-state index is 12.1. The molecule has 1 atom stereocenters. The molecule has 1 aromatic carbocycles. The molecule has 13 nitrogen and oxygen atoms in total. The van der Waals surface area contributed by atoms with Crippen LogP contribution in [0.4, 0.5) is 5.69 Å². The number of nitro groups is 1. The van der Waals surface area contributed by atoms with Gasteiger partial charge < -0.3 is 10.2 Å². The van der Waals surface area contributed by atoms with Gasteiger partial charge in [-0.25, -0.2) is 4.79 Å². The molecular weight excluding hydrogens is 506 g/mol. The minimum atomic E-state index is -4.82. The topological polar surface area (TPSA) is 190 Å². The van der Waals surface area contributed by atoms with Gasteiger partial charge >= 0.3 is 5.97 Å². The van der Waals surface area contributed by atoms with Gasteiger partial charge in [-0.3, -0.25) is 29.1 Å². The van der Waals surface area contributed by atoms with Crippen LogP contribution >= 0.6 is 15.9 Å². The van der Waals surface area contributed by atoms with E-state index in [4.69, 9.17) is 4.55 Å². The number of imide groups is 1. The van der Waals surface area contributed by atoms with Crippen LogP contribution in [0, 0.1) is 10.1 Å². The summed E-state index contributed by atoms with van der Waals surface area (Å²) in [5.74, 6) is -4.12. The van der Waals surface area contributed by atoms with Gasteiger partial charge in [0.1, 0.15) is 0 Å². The van der Waals surface area contributed by atoms with Crippen molar-refractivity contribution in [3.8, 4) is 0 Å². The van der Waals surface area contributed by atoms with Gasteiger partial charge in [-0.1, -0.05) is 22.0 Å². The number of carbonyl (C=O) groups is 4. The van der Waals surface area contributed by atoms with Crippen LogP contribution in [0.25, 0.3) is 0 Å². The van der Waals surface area contributed by atoms with E-state index in [1.165, 1.54) is 12.1 Å². The maximum Gasteiger partial charge on any atom is 0.333 e. The summed E-state index contributed by atoms with van der Waals surface area (Å²) in [7, 11) is -4.82. The third-order valence-corrected chi connectivity index (χ3v) is 5.84. The van der Waals surface area contributed by atoms with E-state index in [0.717, 1.165) is 6.07 Å². The van der Waals surface area contributed by atoms with E-state index in [-0.39, 0.29) is 41.0 Å². The Morgan fingerprint density at radius 3 is 2.58 bits per heavy atom. The molecule has 0 spiro atoms. The number of rotatable bonds is 9. The minimum absolute atomic E-state index is 0.0100. The second kappa shape index (κ2) is 9.93. The second-order valence-corrected chi connectivity index (χ2v) is 8.45. The molecule has 0 bridgehead atoms. The average molecular weight is 522 g/mol. The molecule has 1 saturated heterocycles. The summed E-state index contributed by atoms with van der Waals surface area (Å²) in [5.41, 5.74) is 0.214. The Hall–Kier alpha value is -2.91. The Kier molecular flexibility index (Phi) is 7.80. The first-order valence-corrected chi connectivity index (χ1v) is 11.2. The molecule has 1 aliphatic heterocycles. The Bertz CT molecular complexity index is 1040. The van der Waals surface area contributed by atoms with Crippen LogP contribution in [-0.2, 0) is 34.7 Å². The highest BCUT2D eigenvalue weighted by Crippen LogP contribution is 2.23. The number of carbonyl (C=O) groups excluding carboxylic acids is 4. The molecule has 1 heterocycles. The lowest BCUT2D eigenvalue weighted by molar-refractivity contribution is -0.385. The fraction of sp³-hybridized carbons (Fsp3) is 0.375. The third kappa shape index (κ3) is 6.05. The van der Waals surface area contributed by atoms with Crippen LogP contribution in [0.1, 0.15) is 35.2 Å². The van der Waals surface area contributed by atoms with E-state index < -0.39 is 50.4 Å². The molecule has 31 heavy (non-hydrogen) atoms. The molecule has 0 aliphatic carbocycles. The fourth-order valence-electron chi connectivity index (χ4n) is 2.58. The fourth-order valence-corrected chi connectivity index (χ4v) is 3.76. The number of alkyl halides is 1. The zero-order chi connectivity index (χ0) is 23.3. The monoisotopic (exact) mass is 521 g/mol. The SMILES string of the molecule is O=C(CCCNC(=O)c1ccc(CBr)c([N+](=O)[O-])c1)ON1C(=O)CC(S(=O)(=O)O)C1=O. The Morgan fingerprint density at radius 2 is 2.03 bits per heavy atom. The van der Waals surface area contributed by atoms with Gasteiger partial charge in [-0.15, -0.1) is 5.06 Å². The average Bonchev–Trinajstić information content (AvgIpc) is 2.99. The van der Waals surface area contributed by atoms with E-state index in [9.17, 15) is 37.7 Å². The highest BCUT2D eigenvalue weighted by atomic mass is 79.9. The van der Waals surface area contributed by atoms with Crippen molar-refractivity contribution in [3.63, 3.8) is 0 Å². The Balaban J connectivity index is 1.84. The number of nitro benzene ring substituents is 1. The first-order chi connectivity index (χ1) is 14.5. The maximum absolute atomic E-state index is 12.1. The number of halogens is 1. The molecule has 0 saturated carbocycles. The van der Waals surface area contributed by atoms with E-state index >= 15 is 0 Å². The molecule has 3 amide bonds. The van der Waals surface area contributed by atoms with Crippen LogP contribution in [0.15, 0.2) is 18.2 Å². The zero-order valence-corrected chi connectivity index (χ0v) is 18.0. The number of hydroxylamine groups is 2. The van der Waals surface area contributed by atoms with Crippen molar-refractivity contribution in [2.45, 2.75) is 29.8 Å². The first-order valence-electron chi connectivity index (χ1n) is 8.61. The van der Waals surface area contributed by atoms with Crippen molar-refractivity contribution in [1.29, 1.82) is 0 Å². The zero-order valence-electron chi connectivity index (χ0n) is 15.6. The highest BCUT2D eigenvalue weighted by molar-refractivity contribution is 9.08. The van der Waals surface area contributed by atoms with E-state index in [2.05, 4.69) is 26.1 Å². The van der Waals surface area contributed by atoms with Crippen molar-refractivity contribution in [2.75, 3.05) is 6.54 Å². The van der Waals surface area contributed by atoms with Gasteiger partial charge in [0.2, 0.25) is 0 Å². The summed E-state index contributed by atoms with van der Waals surface area (Å²) in [6.45, 7) is -0.0303. The van der Waals surface area contributed by atoms with Crippen molar-refractivity contribution in [2.24, 2.45) is 0 Å². The van der Waals surface area contributed by atoms with Crippen LogP contribution < -0.4 is 5.32 Å². The van der Waals surface area contributed by atoms with Crippen molar-refractivity contribution < 1.29 is 41.9 Å². The highest BCUT2D eigenvalue weighted by Gasteiger charge is 2.48. The molecule has 0 radical (unpaired) electrons. The minimum Gasteiger partial charge on any atom is -0.352 e. The molecule has 1 aromatic rings. The number of hydrogen-bond donors (Lipinski definition) is 2. The largest absolute Gasteiger partial charge is 0.352 e. The number of nitrogens with zero attached hydrogens (tertiary/aromatic N) is 2. The summed E-state index contributed by atoms with van der Waals surface area (Å²) in [6.07, 6.45) is -1.15. The Morgan fingerprint density at radius 1 is 1.35 bits per heavy atom. The number of benzene rings is 1. The third-order valence-electron chi connectivity index (χ3n) is 4.15. The summed E-state index contributed by atoms with van der Waals surface area (Å²) >= 11 is 3.12. The molecule has 0 aromatic heterocycles. The predicted molar refractivity (Wildman–Crippen MR) is 105 cm³/mol. The van der Waals surface area contributed by atoms with Crippen LogP contribution in [0.3, 0.4) is 0 Å². The standard InChI is InChI=1S/C16H16BrN3O10S/c17-8-10-4-3-9(6-11(10)20(25)26)15(23)18-5-1-2-14(22)30-19-13(21)7-12(16(19)24)31(27,28)29/h3-4,6,12H,1-2,5,7-8H2,(H,18,23)(H,27,28,29). The van der Waals surface area contributed by atoms with Crippen LogP contribution in [0.2, 0.25) is 0 Å². The Labute approximate surface area is 183 Å². The summed E-state index contributed by atoms with van der Waals surface area (Å²) in [6, 6.07) is 3.96. The van der Waals surface area contributed by atoms with E-state index in [0.29, 0.717) is 5.56 Å². The number of nitrogens with one attached hydrogen (secondary N) is 1. The molecule has 1 aliphatic rings. The first kappa shape index (κ1) is 24.4. The van der Waals surface area contributed by atoms with Crippen molar-refractivity contribution in [1.82, 2.24) is 10.4 Å². The van der Waals surface area contributed by atoms with E-state index in [1.807, 2.05) is 0 Å². The van der Waals surface area contributed by atoms with Crippen molar-refractivity contribution >= 4 is 55.4 Å². The second-order valence-electron chi connectivity index (χ2n) is 6.29. The van der Waals surface area contributed by atoms with Crippen molar-refractivity contribution in [3.05, 3.63) is 39.4 Å². The smallest absolute Gasteiger partial charge is 0.333 e. The van der Waals surface area contributed by atoms with Gasteiger partial charge in [-0.05, 0) is 12.5 Å². The number of hydrogen-bond acceptors (Lipinski definition) is 9. The quantitative estimate of drug-likeness (QED) is 0.115. The van der Waals surface area contributed by atoms with Gasteiger partial charge in [0.05, 0.1) is 11.3 Å². The predicted octanol–water partition coefficient (Wildman–Crippen LogP) is 0.473.